The maximum absolute atomic E-state index is 10.9. The van der Waals surface area contributed by atoms with Crippen LogP contribution >= 0.6 is 0 Å². The van der Waals surface area contributed by atoms with Crippen molar-refractivity contribution < 1.29 is 34.7 Å². The molecule has 1 unspecified atom stereocenters. The highest BCUT2D eigenvalue weighted by molar-refractivity contribution is 7.85. The normalized spacial score (nSPS) is 13.3. The molecule has 0 radical (unpaired) electrons. The Morgan fingerprint density at radius 1 is 1.00 bits per heavy atom. The lowest BCUT2D eigenvalue weighted by molar-refractivity contribution is 0.368. The Morgan fingerprint density at radius 2 is 1.65 bits per heavy atom. The van der Waals surface area contributed by atoms with Gasteiger partial charge in [0, 0.05) is 35.2 Å². The van der Waals surface area contributed by atoms with E-state index in [0.717, 1.165) is 33.7 Å². The molecule has 0 aliphatic rings. The van der Waals surface area contributed by atoms with Gasteiger partial charge in [0.1, 0.15) is 0 Å². The van der Waals surface area contributed by atoms with Crippen LogP contribution in [0.3, 0.4) is 0 Å². The second-order valence-electron chi connectivity index (χ2n) is 10.2. The summed E-state index contributed by atoms with van der Waals surface area (Å²) in [6.07, 6.45) is 8.94. The number of hydrogen-bond donors (Lipinski definition) is 3. The fraction of sp³-hybridized carbons (Fsp3) is 0.321. The quantitative estimate of drug-likeness (QED) is 0.0731. The summed E-state index contributed by atoms with van der Waals surface area (Å²) in [4.78, 5) is 0. The smallest absolute Gasteiger partial charge is 0.418 e. The van der Waals surface area contributed by atoms with Gasteiger partial charge in [-0.15, -0.1) is 0 Å². The van der Waals surface area contributed by atoms with Crippen molar-refractivity contribution in [2.75, 3.05) is 16.4 Å². The Morgan fingerprint density at radius 3 is 2.25 bits per heavy atom. The van der Waals surface area contributed by atoms with Crippen molar-refractivity contribution in [3.63, 3.8) is 0 Å². The fourth-order valence-corrected chi connectivity index (χ4v) is 4.16. The van der Waals surface area contributed by atoms with Gasteiger partial charge in [-0.2, -0.15) is 8.42 Å². The van der Waals surface area contributed by atoms with E-state index in [0.29, 0.717) is 12.8 Å². The molecule has 3 aromatic rings. The lowest BCUT2D eigenvalue weighted by Gasteiger charge is -2.15. The van der Waals surface area contributed by atoms with Gasteiger partial charge < -0.3 is 27.9 Å². The van der Waals surface area contributed by atoms with E-state index in [1.807, 2.05) is 73.8 Å². The second-order valence-corrected chi connectivity index (χ2v) is 11.8. The molecule has 12 heteroatoms. The van der Waals surface area contributed by atoms with Crippen molar-refractivity contribution in [2.24, 2.45) is 0 Å². The Hall–Kier alpha value is -3.38. The molecule has 218 valence electrons. The molecule has 1 atom stereocenters. The van der Waals surface area contributed by atoms with Gasteiger partial charge in [-0.1, -0.05) is 30.4 Å². The van der Waals surface area contributed by atoms with Crippen LogP contribution in [0.15, 0.2) is 77.4 Å². The van der Waals surface area contributed by atoms with Crippen LogP contribution in [-0.4, -0.2) is 32.0 Å². The summed E-state index contributed by atoms with van der Waals surface area (Å²) in [5.41, 5.74) is 3.61. The maximum Gasteiger partial charge on any atom is 0.673 e. The molecule has 0 aliphatic carbocycles. The Kier molecular flexibility index (Phi) is 11.7. The first-order valence-electron chi connectivity index (χ1n) is 12.7. The molecule has 0 saturated heterocycles. The number of rotatable bonds is 10. The Bertz CT molecular complexity index is 1400. The Labute approximate surface area is 233 Å². The lowest BCUT2D eigenvalue weighted by Crippen LogP contribution is -2.17. The van der Waals surface area contributed by atoms with E-state index in [2.05, 4.69) is 43.5 Å². The van der Waals surface area contributed by atoms with Crippen LogP contribution in [0, 0.1) is 0 Å². The van der Waals surface area contributed by atoms with Gasteiger partial charge in [-0.25, -0.2) is 4.42 Å². The van der Waals surface area contributed by atoms with Crippen molar-refractivity contribution in [1.29, 1.82) is 0 Å². The molecular formula is C28H35BF4N2O4S. The molecule has 3 N–H and O–H groups in total. The van der Waals surface area contributed by atoms with Gasteiger partial charge in [-0.05, 0) is 70.9 Å². The number of allylic oxidation sites excluding steroid dienone is 2. The standard InChI is InChI=1S/C28H34N2O4S.BF4/c1-21(11-10-18-35(31,32)33)30-24-15-16-25-22(19-27(28(2,3)4)34-26(25)20-24)12-8-9-17-29-23-13-6-5-7-14-23;2-1(3,4)5/h5-9,12-17,19-21,29-30H,10-11,18H2,1-4H3;/q;-1/p+1/b12-8+,17-9+;. The minimum absolute atomic E-state index is 0.0432. The molecule has 40 heavy (non-hydrogen) atoms. The predicted molar refractivity (Wildman–Crippen MR) is 156 cm³/mol. The van der Waals surface area contributed by atoms with Crippen LogP contribution < -0.4 is 10.6 Å². The molecule has 6 nitrogen and oxygen atoms in total. The molecule has 2 aromatic carbocycles. The highest BCUT2D eigenvalue weighted by Crippen LogP contribution is 2.31. The van der Waals surface area contributed by atoms with E-state index in [1.165, 1.54) is 0 Å². The van der Waals surface area contributed by atoms with Crippen molar-refractivity contribution in [2.45, 2.75) is 52.0 Å². The molecule has 1 aromatic heterocycles. The lowest BCUT2D eigenvalue weighted by atomic mass is 9.91. The first-order chi connectivity index (χ1) is 18.5. The van der Waals surface area contributed by atoms with Crippen LogP contribution in [0.5, 0.6) is 0 Å². The SMILES string of the molecule is CC(CCCS(=O)(=O)O)Nc1ccc2c(/C=C/C=C/Nc3ccccc3)cc(C(C)(C)C)[o+]c2c1.F[B-](F)(F)F. The summed E-state index contributed by atoms with van der Waals surface area (Å²) < 4.78 is 76.1. The minimum Gasteiger partial charge on any atom is -0.418 e. The van der Waals surface area contributed by atoms with E-state index in [4.69, 9.17) is 8.97 Å². The third-order valence-corrected chi connectivity index (χ3v) is 6.30. The first-order valence-corrected chi connectivity index (χ1v) is 14.3. The molecule has 1 heterocycles. The zero-order chi connectivity index (χ0) is 30.0. The number of halogens is 4. The van der Waals surface area contributed by atoms with Gasteiger partial charge in [0.25, 0.3) is 10.1 Å². The van der Waals surface area contributed by atoms with E-state index < -0.39 is 17.4 Å². The van der Waals surface area contributed by atoms with E-state index in [-0.39, 0.29) is 17.2 Å². The number of anilines is 2. The predicted octanol–water partition coefficient (Wildman–Crippen LogP) is 8.42. The third kappa shape index (κ3) is 13.1. The molecule has 0 bridgehead atoms. The van der Waals surface area contributed by atoms with E-state index in [1.54, 1.807) is 0 Å². The summed E-state index contributed by atoms with van der Waals surface area (Å²) in [5, 5.41) is 7.65. The van der Waals surface area contributed by atoms with Gasteiger partial charge >= 0.3 is 18.6 Å². The van der Waals surface area contributed by atoms with Crippen LogP contribution in [0.1, 0.15) is 51.9 Å². The average molecular weight is 582 g/mol. The molecule has 0 saturated carbocycles. The first kappa shape index (κ1) is 32.8. The minimum atomic E-state index is -6.00. The Balaban J connectivity index is 0.00000103. The number of hydrogen-bond acceptors (Lipinski definition) is 4. The number of para-hydroxylation sites is 1. The van der Waals surface area contributed by atoms with E-state index >= 15 is 0 Å². The third-order valence-electron chi connectivity index (χ3n) is 5.50. The average Bonchev–Trinajstić information content (AvgIpc) is 2.81. The largest absolute Gasteiger partial charge is 0.673 e. The number of nitrogens with one attached hydrogen (secondary N) is 2. The van der Waals surface area contributed by atoms with Gasteiger partial charge in [0.05, 0.1) is 22.6 Å². The fourth-order valence-electron chi connectivity index (χ4n) is 3.63. The number of benzene rings is 2. The molecule has 0 amide bonds. The molecular weight excluding hydrogens is 547 g/mol. The molecule has 3 rings (SSSR count). The molecule has 0 spiro atoms. The van der Waals surface area contributed by atoms with Crippen LogP contribution in [-0.2, 0) is 15.5 Å². The molecule has 0 aliphatic heterocycles. The van der Waals surface area contributed by atoms with Gasteiger partial charge in [0.15, 0.2) is 0 Å². The maximum atomic E-state index is 10.9. The highest BCUT2D eigenvalue weighted by atomic mass is 32.2. The van der Waals surface area contributed by atoms with Crippen LogP contribution in [0.25, 0.3) is 17.0 Å². The summed E-state index contributed by atoms with van der Waals surface area (Å²) in [6, 6.07) is 18.1. The van der Waals surface area contributed by atoms with Crippen molar-refractivity contribution in [3.8, 4) is 0 Å². The summed E-state index contributed by atoms with van der Waals surface area (Å²) in [7, 11) is -9.93. The zero-order valence-electron chi connectivity index (χ0n) is 22.9. The molecule has 0 fully saturated rings. The van der Waals surface area contributed by atoms with Crippen molar-refractivity contribution in [1.82, 2.24) is 0 Å². The summed E-state index contributed by atoms with van der Waals surface area (Å²) in [6.45, 7) is 8.34. The summed E-state index contributed by atoms with van der Waals surface area (Å²) >= 11 is 0. The van der Waals surface area contributed by atoms with Crippen LogP contribution in [0.2, 0.25) is 0 Å². The van der Waals surface area contributed by atoms with Crippen molar-refractivity contribution in [3.05, 3.63) is 84.3 Å². The van der Waals surface area contributed by atoms with Gasteiger partial charge in [-0.3, -0.25) is 4.55 Å². The van der Waals surface area contributed by atoms with Crippen molar-refractivity contribution >= 4 is 45.8 Å². The highest BCUT2D eigenvalue weighted by Gasteiger charge is 2.28. The monoisotopic (exact) mass is 582 g/mol. The topological polar surface area (TPSA) is 89.7 Å². The zero-order valence-corrected chi connectivity index (χ0v) is 23.7. The van der Waals surface area contributed by atoms with Crippen LogP contribution in [0.4, 0.5) is 28.6 Å². The summed E-state index contributed by atoms with van der Waals surface area (Å²) in [5.74, 6) is 0.654. The van der Waals surface area contributed by atoms with E-state index in [9.17, 15) is 25.7 Å². The second kappa shape index (κ2) is 14.3. The number of fused-ring (bicyclic) bond motifs is 1. The van der Waals surface area contributed by atoms with Gasteiger partial charge in [0.2, 0.25) is 0 Å².